The zero-order valence-electron chi connectivity index (χ0n) is 20.0. The second kappa shape index (κ2) is 10.8. The minimum Gasteiger partial charge on any atom is -0.497 e. The number of methoxy groups -OCH3 is 2. The summed E-state index contributed by atoms with van der Waals surface area (Å²) < 4.78 is 18.6. The maximum absolute atomic E-state index is 12.6. The van der Waals surface area contributed by atoms with Crippen molar-refractivity contribution in [1.29, 1.82) is 0 Å². The second-order valence-corrected chi connectivity index (χ2v) is 7.82. The van der Waals surface area contributed by atoms with E-state index in [0.717, 1.165) is 5.56 Å². The highest BCUT2D eigenvalue weighted by molar-refractivity contribution is 5.80. The summed E-state index contributed by atoms with van der Waals surface area (Å²) >= 11 is 0. The van der Waals surface area contributed by atoms with Gasteiger partial charge >= 0.3 is 5.69 Å². The van der Waals surface area contributed by atoms with Crippen molar-refractivity contribution in [3.63, 3.8) is 0 Å². The van der Waals surface area contributed by atoms with Crippen molar-refractivity contribution in [1.82, 2.24) is 19.1 Å². The molecule has 2 aromatic carbocycles. The normalized spacial score (nSPS) is 12.1. The Hall–Kier alpha value is -4.58. The number of rotatable bonds is 10. The van der Waals surface area contributed by atoms with Gasteiger partial charge < -0.3 is 23.9 Å². The van der Waals surface area contributed by atoms with Crippen LogP contribution < -0.4 is 30.9 Å². The first-order valence-corrected chi connectivity index (χ1v) is 11.0. The summed E-state index contributed by atoms with van der Waals surface area (Å²) in [6.07, 6.45) is 0.558. The van der Waals surface area contributed by atoms with Gasteiger partial charge in [-0.3, -0.25) is 14.3 Å². The molecule has 1 unspecified atom stereocenters. The third kappa shape index (κ3) is 5.39. The van der Waals surface area contributed by atoms with Gasteiger partial charge in [0.05, 0.1) is 27.0 Å². The van der Waals surface area contributed by atoms with Crippen LogP contribution in [0.5, 0.6) is 17.2 Å². The lowest BCUT2D eigenvalue weighted by molar-refractivity contribution is 0.0938. The van der Waals surface area contributed by atoms with Gasteiger partial charge in [-0.2, -0.15) is 10.1 Å². The molecule has 12 nitrogen and oxygen atoms in total. The van der Waals surface area contributed by atoms with Crippen molar-refractivity contribution in [2.75, 3.05) is 26.3 Å². The van der Waals surface area contributed by atoms with E-state index in [1.165, 1.54) is 16.2 Å². The summed E-state index contributed by atoms with van der Waals surface area (Å²) in [5.74, 6) is 2.12. The molecular weight excluding hydrogens is 468 g/mol. The van der Waals surface area contributed by atoms with E-state index in [-0.39, 0.29) is 30.3 Å². The highest BCUT2D eigenvalue weighted by atomic mass is 16.5. The van der Waals surface area contributed by atoms with Crippen LogP contribution >= 0.6 is 0 Å². The first-order chi connectivity index (χ1) is 17.4. The monoisotopic (exact) mass is 494 g/mol. The van der Waals surface area contributed by atoms with Crippen LogP contribution in [-0.4, -0.2) is 57.4 Å². The number of ether oxygens (including phenoxy) is 3. The molecule has 12 heteroatoms. The Balaban J connectivity index is 1.57. The van der Waals surface area contributed by atoms with E-state index in [9.17, 15) is 14.7 Å². The van der Waals surface area contributed by atoms with Crippen LogP contribution in [0.15, 0.2) is 63.2 Å². The number of nitrogens with zero attached hydrogens (tertiary/aromatic N) is 4. The molecule has 2 aromatic heterocycles. The van der Waals surface area contributed by atoms with Crippen LogP contribution in [-0.2, 0) is 13.6 Å². The van der Waals surface area contributed by atoms with E-state index in [4.69, 9.17) is 14.2 Å². The molecule has 0 radical (unpaired) electrons. The fraction of sp³-hybridized carbons (Fsp3) is 0.250. The maximum Gasteiger partial charge on any atom is 0.329 e. The first kappa shape index (κ1) is 24.5. The molecule has 0 aliphatic rings. The Kier molecular flexibility index (Phi) is 7.35. The van der Waals surface area contributed by atoms with Gasteiger partial charge in [-0.15, -0.1) is 0 Å². The number of hydrogen-bond donors (Lipinski definition) is 3. The molecule has 0 aliphatic carbocycles. The summed E-state index contributed by atoms with van der Waals surface area (Å²) in [5.41, 5.74) is 2.63. The second-order valence-electron chi connectivity index (χ2n) is 7.82. The molecule has 4 rings (SSSR count). The molecule has 4 aromatic rings. The smallest absolute Gasteiger partial charge is 0.329 e. The minimum absolute atomic E-state index is 0.0473. The molecule has 0 bridgehead atoms. The SMILES string of the molecule is COc1ccc(/C=N/Nc2nc3c(c(=O)[nH]c(=O)n3C)n2CC(O)COc2ccc(OC)cc2)cc1. The van der Waals surface area contributed by atoms with Crippen LogP contribution in [0, 0.1) is 0 Å². The number of H-pyrrole nitrogens is 1. The summed E-state index contributed by atoms with van der Waals surface area (Å²) in [4.78, 5) is 31.3. The predicted molar refractivity (Wildman–Crippen MR) is 134 cm³/mol. The van der Waals surface area contributed by atoms with Crippen molar-refractivity contribution >= 4 is 23.3 Å². The van der Waals surface area contributed by atoms with Gasteiger partial charge in [-0.05, 0) is 54.1 Å². The van der Waals surface area contributed by atoms with E-state index in [1.54, 1.807) is 56.8 Å². The van der Waals surface area contributed by atoms with E-state index in [1.807, 2.05) is 12.1 Å². The lowest BCUT2D eigenvalue weighted by atomic mass is 10.2. The summed E-state index contributed by atoms with van der Waals surface area (Å²) in [6.45, 7) is -0.0987. The Morgan fingerprint density at radius 2 is 1.67 bits per heavy atom. The quantitative estimate of drug-likeness (QED) is 0.221. The number of aromatic amines is 1. The minimum atomic E-state index is -1.01. The third-order valence-electron chi connectivity index (χ3n) is 5.40. The standard InChI is InChI=1S/C24H26N6O6/c1-29-21-20(22(32)27-24(29)33)30(13-16(31)14-36-19-10-8-18(35-3)9-11-19)23(26-21)28-25-12-15-4-6-17(34-2)7-5-15/h4-12,16,31H,13-14H2,1-3H3,(H,26,28)(H,27,32,33)/b25-12+. The van der Waals surface area contributed by atoms with E-state index < -0.39 is 17.4 Å². The van der Waals surface area contributed by atoms with Crippen LogP contribution in [0.3, 0.4) is 0 Å². The molecule has 0 saturated carbocycles. The van der Waals surface area contributed by atoms with E-state index in [0.29, 0.717) is 17.2 Å². The summed E-state index contributed by atoms with van der Waals surface area (Å²) in [7, 11) is 4.64. The van der Waals surface area contributed by atoms with Gasteiger partial charge in [0.25, 0.3) is 5.56 Å². The van der Waals surface area contributed by atoms with Gasteiger partial charge in [0.2, 0.25) is 5.95 Å². The van der Waals surface area contributed by atoms with Crippen LogP contribution in [0.1, 0.15) is 5.56 Å². The van der Waals surface area contributed by atoms with Crippen molar-refractivity contribution in [2.24, 2.45) is 12.1 Å². The topological polar surface area (TPSA) is 145 Å². The fourth-order valence-electron chi connectivity index (χ4n) is 3.48. The van der Waals surface area contributed by atoms with E-state index in [2.05, 4.69) is 20.5 Å². The molecular formula is C24H26N6O6. The molecule has 36 heavy (non-hydrogen) atoms. The number of imidazole rings is 1. The van der Waals surface area contributed by atoms with Gasteiger partial charge in [-0.25, -0.2) is 10.2 Å². The molecule has 188 valence electrons. The molecule has 0 spiro atoms. The van der Waals surface area contributed by atoms with Gasteiger partial charge in [0, 0.05) is 7.05 Å². The number of aromatic nitrogens is 4. The highest BCUT2D eigenvalue weighted by Crippen LogP contribution is 2.19. The molecule has 0 saturated heterocycles. The van der Waals surface area contributed by atoms with E-state index >= 15 is 0 Å². The molecule has 3 N–H and O–H groups in total. The number of aliphatic hydroxyl groups is 1. The number of aryl methyl sites for hydroxylation is 1. The average Bonchev–Trinajstić information content (AvgIpc) is 3.25. The summed E-state index contributed by atoms with van der Waals surface area (Å²) in [5, 5.41) is 14.9. The highest BCUT2D eigenvalue weighted by Gasteiger charge is 2.20. The average molecular weight is 495 g/mol. The lowest BCUT2D eigenvalue weighted by Crippen LogP contribution is -2.30. The largest absolute Gasteiger partial charge is 0.497 e. The van der Waals surface area contributed by atoms with Crippen molar-refractivity contribution in [3.05, 3.63) is 74.9 Å². The Morgan fingerprint density at radius 3 is 2.31 bits per heavy atom. The van der Waals surface area contributed by atoms with Crippen molar-refractivity contribution in [2.45, 2.75) is 12.6 Å². The number of nitrogens with one attached hydrogen (secondary N) is 2. The molecule has 2 heterocycles. The first-order valence-electron chi connectivity index (χ1n) is 11.0. The number of hydrogen-bond acceptors (Lipinski definition) is 9. The third-order valence-corrected chi connectivity index (χ3v) is 5.40. The predicted octanol–water partition coefficient (Wildman–Crippen LogP) is 1.33. The molecule has 0 aliphatic heterocycles. The molecule has 0 amide bonds. The van der Waals surface area contributed by atoms with Gasteiger partial charge in [-0.1, -0.05) is 0 Å². The fourth-order valence-corrected chi connectivity index (χ4v) is 3.48. The summed E-state index contributed by atoms with van der Waals surface area (Å²) in [6, 6.07) is 14.2. The maximum atomic E-state index is 12.6. The number of hydrazone groups is 1. The Morgan fingerprint density at radius 1 is 1.06 bits per heavy atom. The zero-order valence-corrected chi connectivity index (χ0v) is 20.0. The number of benzene rings is 2. The van der Waals surface area contributed by atoms with Crippen molar-refractivity contribution < 1.29 is 19.3 Å². The zero-order chi connectivity index (χ0) is 25.7. The Bertz CT molecular complexity index is 1470. The van der Waals surface area contributed by atoms with Crippen LogP contribution in [0.4, 0.5) is 5.95 Å². The number of aliphatic hydroxyl groups excluding tert-OH is 1. The number of fused-ring (bicyclic) bond motifs is 1. The number of anilines is 1. The van der Waals surface area contributed by atoms with Gasteiger partial charge in [0.1, 0.15) is 30.0 Å². The van der Waals surface area contributed by atoms with Crippen molar-refractivity contribution in [3.8, 4) is 17.2 Å². The molecule has 1 atom stereocenters. The van der Waals surface area contributed by atoms with Crippen LogP contribution in [0.2, 0.25) is 0 Å². The van der Waals surface area contributed by atoms with Crippen LogP contribution in [0.25, 0.3) is 11.2 Å². The Labute approximate surface area is 205 Å². The lowest BCUT2D eigenvalue weighted by Gasteiger charge is -2.15. The molecule has 0 fully saturated rings. The van der Waals surface area contributed by atoms with Gasteiger partial charge in [0.15, 0.2) is 11.2 Å².